The monoisotopic (exact) mass is 416 g/mol. The van der Waals surface area contributed by atoms with E-state index in [1.807, 2.05) is 65.2 Å². The van der Waals surface area contributed by atoms with Crippen molar-refractivity contribution in [2.45, 2.75) is 25.5 Å². The molecule has 0 aliphatic carbocycles. The molecule has 1 atom stereocenters. The van der Waals surface area contributed by atoms with E-state index < -0.39 is 0 Å². The van der Waals surface area contributed by atoms with Crippen LogP contribution in [0.15, 0.2) is 65.8 Å². The van der Waals surface area contributed by atoms with Crippen molar-refractivity contribution < 1.29 is 14.3 Å². The number of rotatable bonds is 5. The van der Waals surface area contributed by atoms with E-state index in [1.54, 1.807) is 0 Å². The minimum Gasteiger partial charge on any atom is -0.376 e. The summed E-state index contributed by atoms with van der Waals surface area (Å²) in [6, 6.07) is 19.5. The topological polar surface area (TPSA) is 75.9 Å². The van der Waals surface area contributed by atoms with Crippen LogP contribution in [-0.4, -0.2) is 52.9 Å². The first-order valence-electron chi connectivity index (χ1n) is 10.6. The van der Waals surface area contributed by atoms with Crippen molar-refractivity contribution in [3.8, 4) is 0 Å². The van der Waals surface area contributed by atoms with Crippen LogP contribution in [0.25, 0.3) is 10.9 Å². The fourth-order valence-electron chi connectivity index (χ4n) is 4.17. The van der Waals surface area contributed by atoms with Gasteiger partial charge in [0.15, 0.2) is 0 Å². The van der Waals surface area contributed by atoms with Crippen LogP contribution in [0.1, 0.15) is 28.9 Å². The van der Waals surface area contributed by atoms with Crippen molar-refractivity contribution in [3.05, 3.63) is 71.9 Å². The molecule has 5 rings (SSSR count). The molecule has 158 valence electrons. The van der Waals surface area contributed by atoms with E-state index >= 15 is 0 Å². The number of fused-ring (bicyclic) bond motifs is 3. The molecule has 3 heterocycles. The van der Waals surface area contributed by atoms with Crippen LogP contribution in [0.3, 0.4) is 0 Å². The molecule has 0 radical (unpaired) electrons. The lowest BCUT2D eigenvalue weighted by Crippen LogP contribution is -2.40. The first kappa shape index (κ1) is 19.5. The summed E-state index contributed by atoms with van der Waals surface area (Å²) >= 11 is 0. The zero-order valence-corrected chi connectivity index (χ0v) is 17.2. The molecule has 31 heavy (non-hydrogen) atoms. The van der Waals surface area contributed by atoms with Crippen LogP contribution in [0, 0.1) is 0 Å². The van der Waals surface area contributed by atoms with E-state index in [2.05, 4.69) is 10.4 Å². The molecule has 1 saturated heterocycles. The molecule has 1 aromatic heterocycles. The fourth-order valence-corrected chi connectivity index (χ4v) is 4.17. The number of benzene rings is 2. The van der Waals surface area contributed by atoms with Crippen LogP contribution in [-0.2, 0) is 16.1 Å². The lowest BCUT2D eigenvalue weighted by atomic mass is 10.1. The Morgan fingerprint density at radius 1 is 1.13 bits per heavy atom. The Morgan fingerprint density at radius 3 is 2.74 bits per heavy atom. The van der Waals surface area contributed by atoms with Gasteiger partial charge in [0, 0.05) is 24.1 Å². The Hall–Kier alpha value is -3.45. The van der Waals surface area contributed by atoms with Crippen molar-refractivity contribution in [3.63, 3.8) is 0 Å². The van der Waals surface area contributed by atoms with Gasteiger partial charge in [-0.15, -0.1) is 0 Å². The average molecular weight is 416 g/mol. The quantitative estimate of drug-likeness (QED) is 0.695. The molecule has 2 amide bonds. The molecule has 7 nitrogen and oxygen atoms in total. The van der Waals surface area contributed by atoms with Crippen molar-refractivity contribution in [2.24, 2.45) is 5.10 Å². The third-order valence-corrected chi connectivity index (χ3v) is 5.76. The van der Waals surface area contributed by atoms with E-state index in [1.165, 1.54) is 5.01 Å². The molecule has 1 N–H and O–H groups in total. The van der Waals surface area contributed by atoms with E-state index in [9.17, 15) is 9.59 Å². The fraction of sp³-hybridized carbons (Fsp3) is 0.292. The Balaban J connectivity index is 1.46. The minimum atomic E-state index is -0.283. The van der Waals surface area contributed by atoms with Gasteiger partial charge in [0.1, 0.15) is 12.2 Å². The van der Waals surface area contributed by atoms with Crippen LogP contribution in [0.4, 0.5) is 0 Å². The van der Waals surface area contributed by atoms with Crippen LogP contribution in [0.5, 0.6) is 0 Å². The number of hydrazone groups is 1. The number of ether oxygens (including phenoxy) is 1. The molecule has 2 aliphatic heterocycles. The average Bonchev–Trinajstić information content (AvgIpc) is 3.42. The van der Waals surface area contributed by atoms with Crippen molar-refractivity contribution >= 4 is 28.4 Å². The van der Waals surface area contributed by atoms with E-state index in [4.69, 9.17) is 4.74 Å². The second-order valence-corrected chi connectivity index (χ2v) is 7.89. The number of amides is 2. The predicted molar refractivity (Wildman–Crippen MR) is 118 cm³/mol. The van der Waals surface area contributed by atoms with Crippen molar-refractivity contribution in [1.82, 2.24) is 14.9 Å². The van der Waals surface area contributed by atoms with Crippen LogP contribution in [0.2, 0.25) is 0 Å². The minimum absolute atomic E-state index is 0.0506. The first-order chi connectivity index (χ1) is 15.2. The Labute approximate surface area is 180 Å². The van der Waals surface area contributed by atoms with Gasteiger partial charge >= 0.3 is 0 Å². The zero-order valence-electron chi connectivity index (χ0n) is 17.2. The first-order valence-corrected chi connectivity index (χ1v) is 10.6. The lowest BCUT2D eigenvalue weighted by molar-refractivity contribution is -0.122. The molecule has 1 fully saturated rings. The van der Waals surface area contributed by atoms with E-state index in [0.717, 1.165) is 41.6 Å². The zero-order chi connectivity index (χ0) is 21.2. The highest BCUT2D eigenvalue weighted by Gasteiger charge is 2.28. The predicted octanol–water partition coefficient (Wildman–Crippen LogP) is 2.80. The normalized spacial score (nSPS) is 18.6. The van der Waals surface area contributed by atoms with Gasteiger partial charge in [-0.25, -0.2) is 5.01 Å². The maximum absolute atomic E-state index is 13.4. The summed E-state index contributed by atoms with van der Waals surface area (Å²) in [5, 5.41) is 9.78. The number of carbonyl (C=O) groups is 2. The van der Waals surface area contributed by atoms with Gasteiger partial charge in [0.05, 0.1) is 18.4 Å². The second kappa shape index (κ2) is 8.35. The molecular weight excluding hydrogens is 392 g/mol. The molecule has 3 aromatic rings. The number of nitrogens with one attached hydrogen (secondary N) is 1. The van der Waals surface area contributed by atoms with Crippen LogP contribution >= 0.6 is 0 Å². The molecule has 2 aromatic carbocycles. The van der Waals surface area contributed by atoms with Gasteiger partial charge in [-0.05, 0) is 30.5 Å². The standard InChI is InChI=1S/C24H24N4O3/c29-23(25-14-19-10-6-12-31-19)16-28-24(30)22-13-18-9-4-5-11-21(18)27(22)15-20(26-28)17-7-2-1-3-8-17/h1-5,7-9,11,13,19H,6,10,12,14-16H2,(H,25,29)/t19-/m1/s1. The highest BCUT2D eigenvalue weighted by molar-refractivity contribution is 6.07. The molecule has 2 aliphatic rings. The summed E-state index contributed by atoms with van der Waals surface area (Å²) in [5.41, 5.74) is 3.16. The molecular formula is C24H24N4O3. The van der Waals surface area contributed by atoms with Gasteiger partial charge in [-0.3, -0.25) is 9.59 Å². The number of hydrogen-bond acceptors (Lipinski definition) is 4. The summed E-state index contributed by atoms with van der Waals surface area (Å²) in [6.45, 7) is 1.51. The highest BCUT2D eigenvalue weighted by atomic mass is 16.5. The molecule has 7 heteroatoms. The van der Waals surface area contributed by atoms with E-state index in [0.29, 0.717) is 18.8 Å². The maximum atomic E-state index is 13.4. The van der Waals surface area contributed by atoms with Crippen LogP contribution < -0.4 is 5.32 Å². The molecule has 0 bridgehead atoms. The lowest BCUT2D eigenvalue weighted by Gasteiger charge is -2.17. The summed E-state index contributed by atoms with van der Waals surface area (Å²) in [4.78, 5) is 26.0. The van der Waals surface area contributed by atoms with Gasteiger partial charge in [0.2, 0.25) is 5.91 Å². The number of carbonyl (C=O) groups excluding carboxylic acids is 2. The van der Waals surface area contributed by atoms with Gasteiger partial charge in [0.25, 0.3) is 5.91 Å². The number of para-hydroxylation sites is 1. The van der Waals surface area contributed by atoms with Gasteiger partial charge in [-0.1, -0.05) is 48.5 Å². The smallest absolute Gasteiger partial charge is 0.291 e. The van der Waals surface area contributed by atoms with Crippen molar-refractivity contribution in [1.29, 1.82) is 0 Å². The van der Waals surface area contributed by atoms with E-state index in [-0.39, 0.29) is 24.5 Å². The second-order valence-electron chi connectivity index (χ2n) is 7.89. The third kappa shape index (κ3) is 3.96. The Kier molecular flexibility index (Phi) is 5.26. The third-order valence-electron chi connectivity index (χ3n) is 5.76. The number of nitrogens with zero attached hydrogens (tertiary/aromatic N) is 3. The summed E-state index contributed by atoms with van der Waals surface area (Å²) in [7, 11) is 0. The number of hydrogen-bond donors (Lipinski definition) is 1. The summed E-state index contributed by atoms with van der Waals surface area (Å²) in [5.74, 6) is -0.529. The molecule has 0 saturated carbocycles. The Bertz CT molecular complexity index is 1150. The maximum Gasteiger partial charge on any atom is 0.291 e. The highest BCUT2D eigenvalue weighted by Crippen LogP contribution is 2.24. The van der Waals surface area contributed by atoms with Gasteiger partial charge in [-0.2, -0.15) is 5.10 Å². The SMILES string of the molecule is O=C(CN1N=C(c2ccccc2)Cn2c(cc3ccccc32)C1=O)NC[C@H]1CCCO1. The summed E-state index contributed by atoms with van der Waals surface area (Å²) < 4.78 is 7.54. The number of aromatic nitrogens is 1. The van der Waals surface area contributed by atoms with Gasteiger partial charge < -0.3 is 14.6 Å². The molecule has 0 spiro atoms. The largest absolute Gasteiger partial charge is 0.376 e. The molecule has 0 unspecified atom stereocenters. The Morgan fingerprint density at radius 2 is 1.94 bits per heavy atom. The summed E-state index contributed by atoms with van der Waals surface area (Å²) in [6.07, 6.45) is 2.01. The van der Waals surface area contributed by atoms with Crippen molar-refractivity contribution in [2.75, 3.05) is 19.7 Å².